The van der Waals surface area contributed by atoms with Crippen LogP contribution in [0, 0.1) is 5.92 Å². The predicted octanol–water partition coefficient (Wildman–Crippen LogP) is 4.25. The third-order valence-corrected chi connectivity index (χ3v) is 5.82. The fourth-order valence-corrected chi connectivity index (χ4v) is 3.91. The number of fused-ring (bicyclic) bond motifs is 1. The molecule has 0 saturated heterocycles. The van der Waals surface area contributed by atoms with Crippen LogP contribution < -0.4 is 14.4 Å². The maximum Gasteiger partial charge on any atom is 0.233 e. The summed E-state index contributed by atoms with van der Waals surface area (Å²) < 4.78 is 10.2. The van der Waals surface area contributed by atoms with Gasteiger partial charge in [-0.25, -0.2) is 0 Å². The lowest BCUT2D eigenvalue weighted by Gasteiger charge is -2.25. The highest BCUT2D eigenvalue weighted by atomic mass is 35.5. The van der Waals surface area contributed by atoms with Crippen LogP contribution >= 0.6 is 34.5 Å². The van der Waals surface area contributed by atoms with Gasteiger partial charge in [-0.15, -0.1) is 34.5 Å². The fraction of sp³-hybridized carbons (Fsp3) is 0.353. The Bertz CT molecular complexity index is 763. The molecule has 0 radical (unpaired) electrons. The van der Waals surface area contributed by atoms with Crippen molar-refractivity contribution < 1.29 is 14.3 Å². The topological polar surface area (TPSA) is 38.8 Å². The van der Waals surface area contributed by atoms with Crippen LogP contribution in [0.3, 0.4) is 0 Å². The molecule has 2 aromatic rings. The van der Waals surface area contributed by atoms with E-state index < -0.39 is 4.33 Å². The van der Waals surface area contributed by atoms with E-state index in [4.69, 9.17) is 32.7 Å². The number of rotatable bonds is 4. The van der Waals surface area contributed by atoms with Crippen molar-refractivity contribution in [3.8, 4) is 11.5 Å². The molecule has 0 spiro atoms. The molecule has 1 aromatic carbocycles. The molecule has 0 N–H and O–H groups in total. The lowest BCUT2D eigenvalue weighted by molar-refractivity contribution is -0.119. The van der Waals surface area contributed by atoms with E-state index in [-0.39, 0.29) is 11.8 Å². The second kappa shape index (κ2) is 6.14. The molecule has 4 rings (SSSR count). The molecule has 7 heteroatoms. The van der Waals surface area contributed by atoms with Crippen LogP contribution in [0.15, 0.2) is 35.7 Å². The van der Waals surface area contributed by atoms with E-state index in [0.717, 1.165) is 10.6 Å². The quantitative estimate of drug-likeness (QED) is 0.740. The van der Waals surface area contributed by atoms with E-state index in [9.17, 15) is 4.79 Å². The van der Waals surface area contributed by atoms with Gasteiger partial charge in [-0.3, -0.25) is 4.79 Å². The van der Waals surface area contributed by atoms with Gasteiger partial charge in [0.1, 0.15) is 17.5 Å². The number of carbonyl (C=O) groups excluding carboxylic acids is 1. The van der Waals surface area contributed by atoms with Crippen LogP contribution in [0.4, 0.5) is 5.69 Å². The van der Waals surface area contributed by atoms with Crippen LogP contribution in [0.25, 0.3) is 0 Å². The van der Waals surface area contributed by atoms with Gasteiger partial charge in [0.25, 0.3) is 0 Å². The molecular formula is C17H15Cl2NO3S. The van der Waals surface area contributed by atoms with Gasteiger partial charge < -0.3 is 14.4 Å². The van der Waals surface area contributed by atoms with Crippen LogP contribution in [-0.2, 0) is 11.3 Å². The molecule has 1 amide bonds. The summed E-state index contributed by atoms with van der Waals surface area (Å²) in [5.74, 6) is 0.921. The Labute approximate surface area is 153 Å². The molecule has 1 fully saturated rings. The van der Waals surface area contributed by atoms with Crippen molar-refractivity contribution in [1.82, 2.24) is 0 Å². The number of ether oxygens (including phenoxy) is 2. The van der Waals surface area contributed by atoms with Gasteiger partial charge in [0.05, 0.1) is 12.5 Å². The highest BCUT2D eigenvalue weighted by molar-refractivity contribution is 7.09. The van der Waals surface area contributed by atoms with Crippen LogP contribution in [0.1, 0.15) is 11.3 Å². The molecule has 126 valence electrons. The van der Waals surface area contributed by atoms with Gasteiger partial charge in [-0.1, -0.05) is 6.07 Å². The Morgan fingerprint density at radius 1 is 1.25 bits per heavy atom. The molecule has 1 aliphatic carbocycles. The molecule has 1 saturated carbocycles. The van der Waals surface area contributed by atoms with Crippen molar-refractivity contribution in [2.24, 2.45) is 5.92 Å². The summed E-state index contributed by atoms with van der Waals surface area (Å²) in [7, 11) is 0. The van der Waals surface area contributed by atoms with E-state index >= 15 is 0 Å². The van der Waals surface area contributed by atoms with Gasteiger partial charge >= 0.3 is 0 Å². The van der Waals surface area contributed by atoms with Gasteiger partial charge in [0.15, 0.2) is 11.5 Å². The number of amides is 1. The number of carbonyl (C=O) groups is 1. The summed E-state index contributed by atoms with van der Waals surface area (Å²) in [4.78, 5) is 15.7. The monoisotopic (exact) mass is 383 g/mol. The first-order chi connectivity index (χ1) is 11.5. The molecule has 1 unspecified atom stereocenters. The normalized spacial score (nSPS) is 20.5. The highest BCUT2D eigenvalue weighted by Gasteiger charge is 2.57. The first kappa shape index (κ1) is 16.1. The first-order valence-corrected chi connectivity index (χ1v) is 9.29. The maximum atomic E-state index is 12.9. The number of thiophene rings is 1. The van der Waals surface area contributed by atoms with Crippen LogP contribution in [-0.4, -0.2) is 23.5 Å². The van der Waals surface area contributed by atoms with Crippen molar-refractivity contribution in [1.29, 1.82) is 0 Å². The number of benzene rings is 1. The lowest BCUT2D eigenvalue weighted by Crippen LogP contribution is -2.33. The fourth-order valence-electron chi connectivity index (χ4n) is 2.72. The number of halogens is 2. The third-order valence-electron chi connectivity index (χ3n) is 4.12. The molecule has 2 aliphatic rings. The Balaban J connectivity index is 1.65. The Hall–Kier alpha value is -1.43. The second-order valence-corrected chi connectivity index (χ2v) is 8.42. The van der Waals surface area contributed by atoms with E-state index in [0.29, 0.717) is 37.7 Å². The molecule has 1 atom stereocenters. The SMILES string of the molecule is O=C(C1CC1(Cl)Cl)N(Cc1cccs1)c1ccc2c(c1)OCCO2. The van der Waals surface area contributed by atoms with Crippen LogP contribution in [0.2, 0.25) is 0 Å². The molecular weight excluding hydrogens is 369 g/mol. The molecule has 24 heavy (non-hydrogen) atoms. The third kappa shape index (κ3) is 3.08. The zero-order valence-corrected chi connectivity index (χ0v) is 15.0. The Kier molecular flexibility index (Phi) is 4.11. The van der Waals surface area contributed by atoms with E-state index in [2.05, 4.69) is 0 Å². The summed E-state index contributed by atoms with van der Waals surface area (Å²) in [6.45, 7) is 1.52. The smallest absolute Gasteiger partial charge is 0.233 e. The van der Waals surface area contributed by atoms with Crippen molar-refractivity contribution in [2.45, 2.75) is 17.3 Å². The minimum Gasteiger partial charge on any atom is -0.486 e. The summed E-state index contributed by atoms with van der Waals surface area (Å²) in [6.07, 6.45) is 0.487. The molecule has 1 aromatic heterocycles. The van der Waals surface area contributed by atoms with Crippen molar-refractivity contribution in [3.63, 3.8) is 0 Å². The zero-order valence-electron chi connectivity index (χ0n) is 12.7. The molecule has 2 heterocycles. The first-order valence-electron chi connectivity index (χ1n) is 7.66. The standard InChI is InChI=1S/C17H15Cl2NO3S/c18-17(19)9-13(17)16(21)20(10-12-2-1-7-24-12)11-3-4-14-15(8-11)23-6-5-22-14/h1-4,7-8,13H,5-6,9-10H2. The van der Waals surface area contributed by atoms with Gasteiger partial charge in [-0.2, -0.15) is 0 Å². The average Bonchev–Trinajstić information content (AvgIpc) is 2.98. The summed E-state index contributed by atoms with van der Waals surface area (Å²) in [6, 6.07) is 9.51. The maximum absolute atomic E-state index is 12.9. The number of nitrogens with zero attached hydrogens (tertiary/aromatic N) is 1. The number of anilines is 1. The second-order valence-electron chi connectivity index (χ2n) is 5.85. The predicted molar refractivity (Wildman–Crippen MR) is 95.5 cm³/mol. The van der Waals surface area contributed by atoms with Crippen molar-refractivity contribution in [3.05, 3.63) is 40.6 Å². The van der Waals surface area contributed by atoms with Crippen molar-refractivity contribution >= 4 is 46.1 Å². The Morgan fingerprint density at radius 3 is 2.67 bits per heavy atom. The summed E-state index contributed by atoms with van der Waals surface area (Å²) in [5, 5.41) is 1.99. The highest BCUT2D eigenvalue weighted by Crippen LogP contribution is 2.54. The minimum atomic E-state index is -0.946. The van der Waals surface area contributed by atoms with Gasteiger partial charge in [0, 0.05) is 16.6 Å². The van der Waals surface area contributed by atoms with Gasteiger partial charge in [0.2, 0.25) is 5.91 Å². The molecule has 4 nitrogen and oxygen atoms in total. The van der Waals surface area contributed by atoms with E-state index in [1.54, 1.807) is 16.2 Å². The molecule has 0 bridgehead atoms. The number of alkyl halides is 2. The molecule has 1 aliphatic heterocycles. The average molecular weight is 384 g/mol. The number of hydrogen-bond acceptors (Lipinski definition) is 4. The summed E-state index contributed by atoms with van der Waals surface area (Å²) in [5.41, 5.74) is 0.758. The Morgan fingerprint density at radius 2 is 2.00 bits per heavy atom. The summed E-state index contributed by atoms with van der Waals surface area (Å²) >= 11 is 13.8. The van der Waals surface area contributed by atoms with Crippen LogP contribution in [0.5, 0.6) is 11.5 Å². The van der Waals surface area contributed by atoms with E-state index in [1.807, 2.05) is 35.7 Å². The van der Waals surface area contributed by atoms with Crippen molar-refractivity contribution in [2.75, 3.05) is 18.1 Å². The van der Waals surface area contributed by atoms with E-state index in [1.165, 1.54) is 0 Å². The van der Waals surface area contributed by atoms with Gasteiger partial charge in [-0.05, 0) is 30.0 Å². The largest absolute Gasteiger partial charge is 0.486 e. The number of hydrogen-bond donors (Lipinski definition) is 0. The zero-order chi connectivity index (χ0) is 16.7. The lowest BCUT2D eigenvalue weighted by atomic mass is 10.2. The minimum absolute atomic E-state index is 0.0647.